The Balaban J connectivity index is 1.77. The summed E-state index contributed by atoms with van der Waals surface area (Å²) in [5.41, 5.74) is -0.00613. The van der Waals surface area contributed by atoms with Gasteiger partial charge in [-0.15, -0.1) is 0 Å². The first kappa shape index (κ1) is 12.2. The fraction of sp³-hybridized carbons (Fsp3) is 0.615. The first-order valence-corrected chi connectivity index (χ1v) is 6.27. The lowest BCUT2D eigenvalue weighted by Crippen LogP contribution is -2.33. The van der Waals surface area contributed by atoms with Crippen molar-refractivity contribution in [1.29, 1.82) is 0 Å². The van der Waals surface area contributed by atoms with Crippen LogP contribution in [0, 0.1) is 0 Å². The van der Waals surface area contributed by atoms with Gasteiger partial charge >= 0.3 is 0 Å². The molecule has 2 heterocycles. The third kappa shape index (κ3) is 3.60. The average Bonchev–Trinajstić information content (AvgIpc) is 2.35. The first-order chi connectivity index (χ1) is 8.25. The molecule has 0 atom stereocenters. The van der Waals surface area contributed by atoms with E-state index in [0.29, 0.717) is 6.61 Å². The molecule has 0 saturated carbocycles. The Morgan fingerprint density at radius 2 is 2.00 bits per heavy atom. The Morgan fingerprint density at radius 3 is 2.71 bits per heavy atom. The van der Waals surface area contributed by atoms with E-state index in [1.807, 2.05) is 0 Å². The number of piperidine rings is 1. The quantitative estimate of drug-likeness (QED) is 0.789. The number of pyridine rings is 1. The van der Waals surface area contributed by atoms with Crippen LogP contribution >= 0.6 is 0 Å². The van der Waals surface area contributed by atoms with Gasteiger partial charge in [-0.3, -0.25) is 9.69 Å². The van der Waals surface area contributed by atoms with E-state index in [1.54, 1.807) is 19.3 Å². The van der Waals surface area contributed by atoms with E-state index in [1.165, 1.54) is 43.0 Å². The molecule has 4 heteroatoms. The largest absolute Gasteiger partial charge is 0.491 e. The van der Waals surface area contributed by atoms with Crippen LogP contribution in [-0.4, -0.2) is 35.7 Å². The topological polar surface area (TPSA) is 34.5 Å². The van der Waals surface area contributed by atoms with Crippen molar-refractivity contribution in [2.24, 2.45) is 7.05 Å². The van der Waals surface area contributed by atoms with Gasteiger partial charge in [-0.05, 0) is 32.0 Å². The summed E-state index contributed by atoms with van der Waals surface area (Å²) >= 11 is 0. The van der Waals surface area contributed by atoms with Crippen molar-refractivity contribution >= 4 is 0 Å². The normalized spacial score (nSPS) is 17.0. The molecule has 1 aliphatic rings. The highest BCUT2D eigenvalue weighted by Crippen LogP contribution is 2.09. The Labute approximate surface area is 102 Å². The SMILES string of the molecule is Cn1cc(OCCN2CCCCC2)ccc1=O. The van der Waals surface area contributed by atoms with Crippen molar-refractivity contribution in [2.45, 2.75) is 19.3 Å². The molecule has 0 unspecified atom stereocenters. The third-order valence-electron chi connectivity index (χ3n) is 3.18. The van der Waals surface area contributed by atoms with E-state index in [9.17, 15) is 4.79 Å². The van der Waals surface area contributed by atoms with Crippen LogP contribution in [-0.2, 0) is 7.05 Å². The molecule has 94 valence electrons. The number of hydrogen-bond donors (Lipinski definition) is 0. The van der Waals surface area contributed by atoms with Gasteiger partial charge in [-0.1, -0.05) is 6.42 Å². The van der Waals surface area contributed by atoms with E-state index in [-0.39, 0.29) is 5.56 Å². The van der Waals surface area contributed by atoms with Crippen LogP contribution in [0.5, 0.6) is 5.75 Å². The maximum Gasteiger partial charge on any atom is 0.250 e. The van der Waals surface area contributed by atoms with Crippen LogP contribution in [0.3, 0.4) is 0 Å². The molecule has 1 aromatic heterocycles. The second-order valence-corrected chi connectivity index (χ2v) is 4.56. The van der Waals surface area contributed by atoms with E-state index in [0.717, 1.165) is 12.3 Å². The number of nitrogens with zero attached hydrogens (tertiary/aromatic N) is 2. The van der Waals surface area contributed by atoms with Crippen molar-refractivity contribution in [1.82, 2.24) is 9.47 Å². The lowest BCUT2D eigenvalue weighted by atomic mass is 10.1. The smallest absolute Gasteiger partial charge is 0.250 e. The fourth-order valence-corrected chi connectivity index (χ4v) is 2.13. The van der Waals surface area contributed by atoms with Gasteiger partial charge in [0.1, 0.15) is 12.4 Å². The molecule has 17 heavy (non-hydrogen) atoms. The standard InChI is InChI=1S/C13H20N2O2/c1-14-11-12(5-6-13(14)16)17-10-9-15-7-3-2-4-8-15/h5-6,11H,2-4,7-10H2,1H3. The molecule has 0 bridgehead atoms. The fourth-order valence-electron chi connectivity index (χ4n) is 2.13. The minimum Gasteiger partial charge on any atom is -0.491 e. The lowest BCUT2D eigenvalue weighted by molar-refractivity contribution is 0.183. The predicted octanol–water partition coefficient (Wildman–Crippen LogP) is 1.25. The minimum atomic E-state index is -0.00613. The third-order valence-corrected chi connectivity index (χ3v) is 3.18. The molecule has 0 spiro atoms. The highest BCUT2D eigenvalue weighted by Gasteiger charge is 2.09. The molecule has 1 aliphatic heterocycles. The number of aromatic nitrogens is 1. The average molecular weight is 236 g/mol. The van der Waals surface area contributed by atoms with Gasteiger partial charge in [-0.25, -0.2) is 0 Å². The molecule has 1 fully saturated rings. The molecule has 2 rings (SSSR count). The molecule has 0 radical (unpaired) electrons. The summed E-state index contributed by atoms with van der Waals surface area (Å²) in [6, 6.07) is 3.27. The molecule has 4 nitrogen and oxygen atoms in total. The van der Waals surface area contributed by atoms with Crippen molar-refractivity contribution in [2.75, 3.05) is 26.2 Å². The Bertz CT molecular complexity index is 408. The highest BCUT2D eigenvalue weighted by molar-refractivity contribution is 5.16. The van der Waals surface area contributed by atoms with Crippen LogP contribution in [0.2, 0.25) is 0 Å². The van der Waals surface area contributed by atoms with Gasteiger partial charge in [0.2, 0.25) is 5.56 Å². The molecular formula is C13H20N2O2. The summed E-state index contributed by atoms with van der Waals surface area (Å²) in [6.07, 6.45) is 5.70. The van der Waals surface area contributed by atoms with Crippen LogP contribution < -0.4 is 10.3 Å². The van der Waals surface area contributed by atoms with Crippen LogP contribution in [0.25, 0.3) is 0 Å². The van der Waals surface area contributed by atoms with E-state index in [4.69, 9.17) is 4.74 Å². The second kappa shape index (κ2) is 5.87. The van der Waals surface area contributed by atoms with Gasteiger partial charge < -0.3 is 9.30 Å². The van der Waals surface area contributed by atoms with Crippen molar-refractivity contribution in [3.05, 3.63) is 28.7 Å². The molecule has 0 aromatic carbocycles. The number of hydrogen-bond acceptors (Lipinski definition) is 3. The maximum atomic E-state index is 11.2. The molecular weight excluding hydrogens is 216 g/mol. The number of aryl methyl sites for hydroxylation is 1. The summed E-state index contributed by atoms with van der Waals surface area (Å²) in [5, 5.41) is 0. The second-order valence-electron chi connectivity index (χ2n) is 4.56. The lowest BCUT2D eigenvalue weighted by Gasteiger charge is -2.26. The highest BCUT2D eigenvalue weighted by atomic mass is 16.5. The van der Waals surface area contributed by atoms with Gasteiger partial charge in [0, 0.05) is 25.9 Å². The summed E-state index contributed by atoms with van der Waals surface area (Å²) in [7, 11) is 1.74. The molecule has 1 aromatic rings. The van der Waals surface area contributed by atoms with Crippen molar-refractivity contribution in [3.63, 3.8) is 0 Å². The Morgan fingerprint density at radius 1 is 1.24 bits per heavy atom. The summed E-state index contributed by atoms with van der Waals surface area (Å²) in [5.74, 6) is 0.768. The van der Waals surface area contributed by atoms with Gasteiger partial charge in [0.05, 0.1) is 0 Å². The zero-order valence-corrected chi connectivity index (χ0v) is 10.4. The van der Waals surface area contributed by atoms with Crippen molar-refractivity contribution < 1.29 is 4.74 Å². The van der Waals surface area contributed by atoms with Gasteiger partial charge in [0.25, 0.3) is 0 Å². The van der Waals surface area contributed by atoms with Gasteiger partial charge in [0.15, 0.2) is 0 Å². The molecule has 0 aliphatic carbocycles. The van der Waals surface area contributed by atoms with E-state index in [2.05, 4.69) is 4.90 Å². The van der Waals surface area contributed by atoms with E-state index < -0.39 is 0 Å². The monoisotopic (exact) mass is 236 g/mol. The van der Waals surface area contributed by atoms with Gasteiger partial charge in [-0.2, -0.15) is 0 Å². The Hall–Kier alpha value is -1.29. The zero-order chi connectivity index (χ0) is 12.1. The van der Waals surface area contributed by atoms with Crippen LogP contribution in [0.15, 0.2) is 23.1 Å². The number of ether oxygens (including phenoxy) is 1. The number of rotatable bonds is 4. The van der Waals surface area contributed by atoms with Crippen LogP contribution in [0.1, 0.15) is 19.3 Å². The minimum absolute atomic E-state index is 0.00613. The maximum absolute atomic E-state index is 11.2. The number of likely N-dealkylation sites (tertiary alicyclic amines) is 1. The summed E-state index contributed by atoms with van der Waals surface area (Å²) < 4.78 is 7.18. The zero-order valence-electron chi connectivity index (χ0n) is 10.4. The molecule has 0 N–H and O–H groups in total. The first-order valence-electron chi connectivity index (χ1n) is 6.27. The molecule has 1 saturated heterocycles. The summed E-state index contributed by atoms with van der Waals surface area (Å²) in [6.45, 7) is 4.05. The van der Waals surface area contributed by atoms with Crippen LogP contribution in [0.4, 0.5) is 0 Å². The predicted molar refractivity (Wildman–Crippen MR) is 67.5 cm³/mol. The van der Waals surface area contributed by atoms with Crippen molar-refractivity contribution in [3.8, 4) is 5.75 Å². The Kier molecular flexibility index (Phi) is 4.20. The summed E-state index contributed by atoms with van der Waals surface area (Å²) in [4.78, 5) is 13.6. The van der Waals surface area contributed by atoms with E-state index >= 15 is 0 Å². The molecule has 0 amide bonds.